The summed E-state index contributed by atoms with van der Waals surface area (Å²) < 4.78 is 0. The number of nitro benzene ring substituents is 1. The topological polar surface area (TPSA) is 89.3 Å². The lowest BCUT2D eigenvalue weighted by atomic mass is 10.1. The lowest BCUT2D eigenvalue weighted by Crippen LogP contribution is -2.24. The van der Waals surface area contributed by atoms with Gasteiger partial charge in [0.1, 0.15) is 0 Å². The van der Waals surface area contributed by atoms with Crippen molar-refractivity contribution in [1.29, 1.82) is 0 Å². The molecule has 0 spiro atoms. The minimum atomic E-state index is -0.606. The Morgan fingerprint density at radius 1 is 1.23 bits per heavy atom. The van der Waals surface area contributed by atoms with Crippen molar-refractivity contribution in [3.63, 3.8) is 0 Å². The number of rotatable bonds is 5. The number of non-ortho nitro benzene ring substituents is 1. The van der Waals surface area contributed by atoms with Crippen LogP contribution in [-0.4, -0.2) is 17.1 Å². The number of carbonyl (C=O) groups is 2. The van der Waals surface area contributed by atoms with Gasteiger partial charge in [-0.3, -0.25) is 19.7 Å². The van der Waals surface area contributed by atoms with E-state index in [1.54, 1.807) is 0 Å². The van der Waals surface area contributed by atoms with E-state index in [0.29, 0.717) is 6.29 Å². The summed E-state index contributed by atoms with van der Waals surface area (Å²) in [6, 6.07) is 11.2. The number of hydrogen-bond acceptors (Lipinski definition) is 4. The fourth-order valence-corrected chi connectivity index (χ4v) is 1.94. The van der Waals surface area contributed by atoms with E-state index in [0.717, 1.165) is 17.2 Å². The predicted molar refractivity (Wildman–Crippen MR) is 80.8 cm³/mol. The molecule has 0 aliphatic rings. The van der Waals surface area contributed by atoms with Crippen molar-refractivity contribution >= 4 is 17.9 Å². The Morgan fingerprint density at radius 3 is 2.50 bits per heavy atom. The van der Waals surface area contributed by atoms with Crippen molar-refractivity contribution in [1.82, 2.24) is 5.32 Å². The van der Waals surface area contributed by atoms with Crippen molar-refractivity contribution in [3.8, 4) is 0 Å². The third-order valence-electron chi connectivity index (χ3n) is 3.19. The van der Waals surface area contributed by atoms with Crippen molar-refractivity contribution in [2.45, 2.75) is 13.5 Å². The minimum Gasteiger partial charge on any atom is -0.348 e. The second kappa shape index (κ2) is 6.62. The largest absolute Gasteiger partial charge is 0.348 e. The van der Waals surface area contributed by atoms with Gasteiger partial charge in [0.05, 0.1) is 10.5 Å². The van der Waals surface area contributed by atoms with Crippen LogP contribution in [0.3, 0.4) is 0 Å². The third kappa shape index (κ3) is 3.54. The Morgan fingerprint density at radius 2 is 1.91 bits per heavy atom. The molecule has 6 nitrogen and oxygen atoms in total. The quantitative estimate of drug-likeness (QED) is 0.522. The molecule has 112 valence electrons. The number of aryl methyl sites for hydroxylation is 1. The lowest BCUT2D eigenvalue weighted by Gasteiger charge is -2.07. The molecule has 1 amide bonds. The average molecular weight is 298 g/mol. The first kappa shape index (κ1) is 15.4. The number of amides is 1. The Labute approximate surface area is 126 Å². The summed E-state index contributed by atoms with van der Waals surface area (Å²) in [5.74, 6) is -0.522. The van der Waals surface area contributed by atoms with Gasteiger partial charge >= 0.3 is 0 Å². The van der Waals surface area contributed by atoms with E-state index >= 15 is 0 Å². The monoisotopic (exact) mass is 298 g/mol. The molecular weight excluding hydrogens is 284 g/mol. The van der Waals surface area contributed by atoms with Gasteiger partial charge in [-0.2, -0.15) is 0 Å². The molecule has 0 aliphatic carbocycles. The molecule has 0 unspecified atom stereocenters. The van der Waals surface area contributed by atoms with Gasteiger partial charge in [-0.1, -0.05) is 29.8 Å². The molecule has 2 aromatic carbocycles. The Kier molecular flexibility index (Phi) is 4.63. The number of hydrogen-bond donors (Lipinski definition) is 1. The molecule has 2 aromatic rings. The van der Waals surface area contributed by atoms with Crippen LogP contribution in [0.2, 0.25) is 0 Å². The Balaban J connectivity index is 2.17. The van der Waals surface area contributed by atoms with E-state index in [-0.39, 0.29) is 23.4 Å². The van der Waals surface area contributed by atoms with Gasteiger partial charge in [0.25, 0.3) is 11.6 Å². The maximum atomic E-state index is 12.1. The van der Waals surface area contributed by atoms with E-state index in [2.05, 4.69) is 5.32 Å². The van der Waals surface area contributed by atoms with Crippen LogP contribution in [0.1, 0.15) is 31.8 Å². The summed E-state index contributed by atoms with van der Waals surface area (Å²) in [7, 11) is 0. The van der Waals surface area contributed by atoms with E-state index in [4.69, 9.17) is 0 Å². The van der Waals surface area contributed by atoms with Gasteiger partial charge in [0.15, 0.2) is 6.29 Å². The van der Waals surface area contributed by atoms with Crippen LogP contribution < -0.4 is 5.32 Å². The molecule has 0 aliphatic heterocycles. The zero-order chi connectivity index (χ0) is 16.1. The maximum absolute atomic E-state index is 12.1. The molecule has 22 heavy (non-hydrogen) atoms. The molecule has 0 saturated heterocycles. The summed E-state index contributed by atoms with van der Waals surface area (Å²) in [6.45, 7) is 2.24. The summed E-state index contributed by atoms with van der Waals surface area (Å²) in [4.78, 5) is 33.3. The molecule has 0 fully saturated rings. The molecule has 2 rings (SSSR count). The van der Waals surface area contributed by atoms with Crippen molar-refractivity contribution in [2.75, 3.05) is 0 Å². The maximum Gasteiger partial charge on any atom is 0.270 e. The fourth-order valence-electron chi connectivity index (χ4n) is 1.94. The molecule has 0 saturated carbocycles. The molecule has 1 N–H and O–H groups in total. The highest BCUT2D eigenvalue weighted by Gasteiger charge is 2.16. The van der Waals surface area contributed by atoms with Crippen molar-refractivity contribution in [3.05, 3.63) is 74.8 Å². The van der Waals surface area contributed by atoms with Crippen LogP contribution in [0, 0.1) is 17.0 Å². The molecular formula is C16H14N2O4. The van der Waals surface area contributed by atoms with Crippen LogP contribution >= 0.6 is 0 Å². The smallest absolute Gasteiger partial charge is 0.270 e. The average Bonchev–Trinajstić information content (AvgIpc) is 2.53. The Hall–Kier alpha value is -3.02. The molecule has 0 radical (unpaired) electrons. The van der Waals surface area contributed by atoms with E-state index in [9.17, 15) is 19.7 Å². The van der Waals surface area contributed by atoms with Gasteiger partial charge in [-0.25, -0.2) is 0 Å². The van der Waals surface area contributed by atoms with E-state index in [1.165, 1.54) is 12.1 Å². The first-order valence-electron chi connectivity index (χ1n) is 6.58. The van der Waals surface area contributed by atoms with Crippen LogP contribution in [0.15, 0.2) is 42.5 Å². The van der Waals surface area contributed by atoms with E-state index in [1.807, 2.05) is 31.2 Å². The molecule has 6 heteroatoms. The van der Waals surface area contributed by atoms with Crippen LogP contribution in [0.5, 0.6) is 0 Å². The predicted octanol–water partition coefficient (Wildman–Crippen LogP) is 2.65. The van der Waals surface area contributed by atoms with Crippen molar-refractivity contribution < 1.29 is 14.5 Å². The van der Waals surface area contributed by atoms with Gasteiger partial charge < -0.3 is 5.32 Å². The number of nitrogens with one attached hydrogen (secondary N) is 1. The molecule has 0 atom stereocenters. The summed E-state index contributed by atoms with van der Waals surface area (Å²) in [5, 5.41) is 13.4. The second-order valence-electron chi connectivity index (χ2n) is 4.81. The molecule has 0 bridgehead atoms. The highest BCUT2D eigenvalue weighted by molar-refractivity contribution is 6.02. The number of aldehydes is 1. The van der Waals surface area contributed by atoms with E-state index < -0.39 is 10.8 Å². The van der Waals surface area contributed by atoms with Crippen molar-refractivity contribution in [2.24, 2.45) is 0 Å². The number of nitrogens with zero attached hydrogens (tertiary/aromatic N) is 1. The second-order valence-corrected chi connectivity index (χ2v) is 4.81. The van der Waals surface area contributed by atoms with Crippen LogP contribution in [0.25, 0.3) is 0 Å². The zero-order valence-corrected chi connectivity index (χ0v) is 11.9. The summed E-state index contributed by atoms with van der Waals surface area (Å²) >= 11 is 0. The first-order chi connectivity index (χ1) is 10.5. The standard InChI is InChI=1S/C16H14N2O4/c1-11-2-4-12(5-3-11)9-17-16(20)15-8-14(18(21)22)7-6-13(15)10-19/h2-8,10H,9H2,1H3,(H,17,20). The number of nitro groups is 1. The SMILES string of the molecule is Cc1ccc(CNC(=O)c2cc([N+](=O)[O-])ccc2C=O)cc1. The van der Waals surface area contributed by atoms with Crippen LogP contribution in [0.4, 0.5) is 5.69 Å². The number of carbonyl (C=O) groups excluding carboxylic acids is 2. The fraction of sp³-hybridized carbons (Fsp3) is 0.125. The van der Waals surface area contributed by atoms with Gasteiger partial charge in [0, 0.05) is 24.2 Å². The first-order valence-corrected chi connectivity index (χ1v) is 6.58. The molecule has 0 aromatic heterocycles. The Bertz CT molecular complexity index is 723. The normalized spacial score (nSPS) is 10.0. The molecule has 0 heterocycles. The lowest BCUT2D eigenvalue weighted by molar-refractivity contribution is -0.384. The zero-order valence-electron chi connectivity index (χ0n) is 11.9. The van der Waals surface area contributed by atoms with Gasteiger partial charge in [0.2, 0.25) is 0 Å². The highest BCUT2D eigenvalue weighted by atomic mass is 16.6. The summed E-state index contributed by atoms with van der Waals surface area (Å²) in [5.41, 5.74) is 1.89. The number of benzene rings is 2. The van der Waals surface area contributed by atoms with Crippen LogP contribution in [-0.2, 0) is 6.54 Å². The minimum absolute atomic E-state index is 0.00342. The third-order valence-corrected chi connectivity index (χ3v) is 3.19. The van der Waals surface area contributed by atoms with Gasteiger partial charge in [-0.15, -0.1) is 0 Å². The highest BCUT2D eigenvalue weighted by Crippen LogP contribution is 2.17. The van der Waals surface area contributed by atoms with Gasteiger partial charge in [-0.05, 0) is 18.6 Å². The summed E-state index contributed by atoms with van der Waals surface area (Å²) in [6.07, 6.45) is 0.504.